The van der Waals surface area contributed by atoms with Gasteiger partial charge in [0, 0.05) is 12.7 Å². The van der Waals surface area contributed by atoms with Crippen LogP contribution in [0.2, 0.25) is 0 Å². The average Bonchev–Trinajstić information content (AvgIpc) is 2.74. The van der Waals surface area contributed by atoms with E-state index >= 15 is 0 Å². The minimum atomic E-state index is -0.469. The smallest absolute Gasteiger partial charge is 0.340 e. The number of carbonyl (C=O) groups excluding carboxylic acids is 2. The van der Waals surface area contributed by atoms with Gasteiger partial charge in [0.05, 0.1) is 17.9 Å². The highest BCUT2D eigenvalue weighted by Gasteiger charge is 2.14. The van der Waals surface area contributed by atoms with Crippen LogP contribution in [0.25, 0.3) is 0 Å². The molecule has 0 fully saturated rings. The van der Waals surface area contributed by atoms with Gasteiger partial charge in [-0.3, -0.25) is 4.79 Å². The predicted octanol–water partition coefficient (Wildman–Crippen LogP) is 3.47. The minimum absolute atomic E-state index is 0.151. The van der Waals surface area contributed by atoms with Crippen LogP contribution < -0.4 is 10.6 Å². The van der Waals surface area contributed by atoms with Gasteiger partial charge < -0.3 is 15.4 Å². The molecule has 148 valence electrons. The third-order valence-electron chi connectivity index (χ3n) is 3.92. The quantitative estimate of drug-likeness (QED) is 0.596. The summed E-state index contributed by atoms with van der Waals surface area (Å²) in [6.45, 7) is 2.22. The van der Waals surface area contributed by atoms with E-state index in [2.05, 4.69) is 20.6 Å². The molecule has 0 unspecified atom stereocenters. The first-order chi connectivity index (χ1) is 14.1. The first-order valence-electron chi connectivity index (χ1n) is 8.95. The van der Waals surface area contributed by atoms with Crippen LogP contribution >= 0.6 is 0 Å². The highest BCUT2D eigenvalue weighted by atomic mass is 19.1. The van der Waals surface area contributed by atoms with Gasteiger partial charge >= 0.3 is 5.97 Å². The number of esters is 1. The molecular formula is C21H19FN4O3. The van der Waals surface area contributed by atoms with E-state index in [1.54, 1.807) is 43.3 Å². The number of carbonyl (C=O) groups is 2. The summed E-state index contributed by atoms with van der Waals surface area (Å²) in [4.78, 5) is 32.7. The van der Waals surface area contributed by atoms with Crippen molar-refractivity contribution in [2.24, 2.45) is 0 Å². The lowest BCUT2D eigenvalue weighted by Crippen LogP contribution is -2.24. The maximum absolute atomic E-state index is 13.0. The molecule has 0 aliphatic heterocycles. The second-order valence-corrected chi connectivity index (χ2v) is 5.97. The van der Waals surface area contributed by atoms with Crippen LogP contribution in [-0.2, 0) is 11.3 Å². The molecule has 1 amide bonds. The van der Waals surface area contributed by atoms with Crippen molar-refractivity contribution in [3.63, 3.8) is 0 Å². The van der Waals surface area contributed by atoms with Crippen molar-refractivity contribution in [1.29, 1.82) is 0 Å². The average molecular weight is 394 g/mol. The van der Waals surface area contributed by atoms with Gasteiger partial charge in [-0.1, -0.05) is 24.3 Å². The third-order valence-corrected chi connectivity index (χ3v) is 3.92. The highest BCUT2D eigenvalue weighted by Crippen LogP contribution is 2.19. The molecule has 2 aromatic carbocycles. The summed E-state index contributed by atoms with van der Waals surface area (Å²) < 4.78 is 18.0. The van der Waals surface area contributed by atoms with E-state index in [9.17, 15) is 14.0 Å². The number of anilines is 2. The molecule has 1 aromatic heterocycles. The largest absolute Gasteiger partial charge is 0.462 e. The van der Waals surface area contributed by atoms with E-state index in [0.717, 1.165) is 5.56 Å². The molecule has 0 bridgehead atoms. The van der Waals surface area contributed by atoms with Crippen molar-refractivity contribution in [2.45, 2.75) is 13.5 Å². The number of benzene rings is 2. The zero-order chi connectivity index (χ0) is 20.6. The van der Waals surface area contributed by atoms with Gasteiger partial charge in [-0.2, -0.15) is 0 Å². The number of halogens is 1. The number of nitrogens with zero attached hydrogens (tertiary/aromatic N) is 2. The standard InChI is InChI=1S/C21H19FN4O3/c1-2-29-20(28)16-5-3-4-6-17(16)25-21-23-12-11-18(26-21)19(27)24-13-14-7-9-15(22)10-8-14/h3-12H,2,13H2,1H3,(H,24,27)(H,23,25,26). The van der Waals surface area contributed by atoms with Gasteiger partial charge in [-0.15, -0.1) is 0 Å². The Kier molecular flexibility index (Phi) is 6.47. The molecule has 29 heavy (non-hydrogen) atoms. The van der Waals surface area contributed by atoms with Gasteiger partial charge in [0.15, 0.2) is 0 Å². The Morgan fingerprint density at radius 1 is 1.07 bits per heavy atom. The van der Waals surface area contributed by atoms with E-state index in [-0.39, 0.29) is 30.6 Å². The number of ether oxygens (including phenoxy) is 1. The number of hydrogen-bond donors (Lipinski definition) is 2. The number of rotatable bonds is 7. The molecule has 0 saturated heterocycles. The third kappa shape index (κ3) is 5.35. The normalized spacial score (nSPS) is 10.3. The fourth-order valence-corrected chi connectivity index (χ4v) is 2.52. The van der Waals surface area contributed by atoms with Gasteiger partial charge in [0.25, 0.3) is 5.91 Å². The van der Waals surface area contributed by atoms with E-state index in [1.807, 2.05) is 0 Å². The van der Waals surface area contributed by atoms with Crippen molar-refractivity contribution >= 4 is 23.5 Å². The van der Waals surface area contributed by atoms with Gasteiger partial charge in [-0.05, 0) is 42.8 Å². The fraction of sp³-hybridized carbons (Fsp3) is 0.143. The summed E-state index contributed by atoms with van der Waals surface area (Å²) in [5.74, 6) is -1.05. The number of aromatic nitrogens is 2. The Morgan fingerprint density at radius 3 is 2.59 bits per heavy atom. The van der Waals surface area contributed by atoms with Crippen LogP contribution in [0.1, 0.15) is 33.3 Å². The van der Waals surface area contributed by atoms with Crippen LogP contribution in [-0.4, -0.2) is 28.5 Å². The fourth-order valence-electron chi connectivity index (χ4n) is 2.52. The number of nitrogens with one attached hydrogen (secondary N) is 2. The molecule has 1 heterocycles. The number of hydrogen-bond acceptors (Lipinski definition) is 6. The molecule has 0 aliphatic carbocycles. The van der Waals surface area contributed by atoms with Gasteiger partial charge in [-0.25, -0.2) is 19.2 Å². The van der Waals surface area contributed by atoms with Crippen molar-refractivity contribution in [2.75, 3.05) is 11.9 Å². The Hall–Kier alpha value is -3.81. The Morgan fingerprint density at radius 2 is 1.83 bits per heavy atom. The molecule has 7 nitrogen and oxygen atoms in total. The summed E-state index contributed by atoms with van der Waals surface area (Å²) in [7, 11) is 0. The summed E-state index contributed by atoms with van der Waals surface area (Å²) in [6.07, 6.45) is 1.44. The second-order valence-electron chi connectivity index (χ2n) is 5.97. The van der Waals surface area contributed by atoms with Crippen LogP contribution in [0.4, 0.5) is 16.0 Å². The SMILES string of the molecule is CCOC(=O)c1ccccc1Nc1nccc(C(=O)NCc2ccc(F)cc2)n1. The highest BCUT2D eigenvalue weighted by molar-refractivity contribution is 5.96. The second kappa shape index (κ2) is 9.41. The molecule has 0 atom stereocenters. The molecule has 2 N–H and O–H groups in total. The van der Waals surface area contributed by atoms with Crippen LogP contribution in [0.5, 0.6) is 0 Å². The van der Waals surface area contributed by atoms with Crippen molar-refractivity contribution < 1.29 is 18.7 Å². The zero-order valence-corrected chi connectivity index (χ0v) is 15.7. The number of para-hydroxylation sites is 1. The van der Waals surface area contributed by atoms with E-state index in [0.29, 0.717) is 11.3 Å². The molecule has 3 aromatic rings. The summed E-state index contributed by atoms with van der Waals surface area (Å²) in [6, 6.07) is 14.1. The summed E-state index contributed by atoms with van der Waals surface area (Å²) in [5.41, 5.74) is 1.72. The molecule has 8 heteroatoms. The van der Waals surface area contributed by atoms with E-state index in [1.165, 1.54) is 24.4 Å². The Labute approximate surface area is 167 Å². The summed E-state index contributed by atoms with van der Waals surface area (Å²) >= 11 is 0. The molecule has 0 saturated carbocycles. The summed E-state index contributed by atoms with van der Waals surface area (Å²) in [5, 5.41) is 5.66. The Bertz CT molecular complexity index is 1010. The van der Waals surface area contributed by atoms with Crippen LogP contribution in [0.3, 0.4) is 0 Å². The first kappa shape index (κ1) is 19.9. The first-order valence-corrected chi connectivity index (χ1v) is 8.95. The molecule has 0 spiro atoms. The van der Waals surface area contributed by atoms with E-state index in [4.69, 9.17) is 4.74 Å². The maximum Gasteiger partial charge on any atom is 0.340 e. The lowest BCUT2D eigenvalue weighted by molar-refractivity contribution is 0.0527. The molecule has 3 rings (SSSR count). The molecular weight excluding hydrogens is 375 g/mol. The topological polar surface area (TPSA) is 93.2 Å². The predicted molar refractivity (Wildman–Crippen MR) is 105 cm³/mol. The lowest BCUT2D eigenvalue weighted by Gasteiger charge is -2.11. The van der Waals surface area contributed by atoms with Gasteiger partial charge in [0.2, 0.25) is 5.95 Å². The van der Waals surface area contributed by atoms with E-state index < -0.39 is 11.9 Å². The van der Waals surface area contributed by atoms with Crippen molar-refractivity contribution in [3.8, 4) is 0 Å². The Balaban J connectivity index is 1.70. The molecule has 0 radical (unpaired) electrons. The lowest BCUT2D eigenvalue weighted by atomic mass is 10.2. The van der Waals surface area contributed by atoms with Gasteiger partial charge in [0.1, 0.15) is 11.5 Å². The number of amides is 1. The van der Waals surface area contributed by atoms with Crippen molar-refractivity contribution in [3.05, 3.63) is 83.4 Å². The zero-order valence-electron chi connectivity index (χ0n) is 15.7. The minimum Gasteiger partial charge on any atom is -0.462 e. The maximum atomic E-state index is 13.0. The molecule has 0 aliphatic rings. The van der Waals surface area contributed by atoms with Crippen molar-refractivity contribution in [1.82, 2.24) is 15.3 Å². The monoisotopic (exact) mass is 394 g/mol. The van der Waals surface area contributed by atoms with Crippen LogP contribution in [0.15, 0.2) is 60.8 Å². The van der Waals surface area contributed by atoms with Crippen LogP contribution in [0, 0.1) is 5.82 Å².